The molecule has 0 unspecified atom stereocenters. The fraction of sp³-hybridized carbons (Fsp3) is 0.625. The van der Waals surface area contributed by atoms with Crippen LogP contribution < -0.4 is 14.8 Å². The maximum atomic E-state index is 12.6. The van der Waals surface area contributed by atoms with Gasteiger partial charge in [-0.05, 0) is 48.3 Å². The largest absolute Gasteiger partial charge is 0.493 e. The van der Waals surface area contributed by atoms with E-state index in [1.54, 1.807) is 19.8 Å². The summed E-state index contributed by atoms with van der Waals surface area (Å²) in [6, 6.07) is 5.90. The second-order valence-corrected chi connectivity index (χ2v) is 9.16. The lowest BCUT2D eigenvalue weighted by Gasteiger charge is -2.46. The molecule has 0 spiro atoms. The number of methoxy groups -OCH3 is 2. The van der Waals surface area contributed by atoms with Crippen LogP contribution in [0.25, 0.3) is 0 Å². The summed E-state index contributed by atoms with van der Waals surface area (Å²) in [7, 11) is 3.27. The van der Waals surface area contributed by atoms with Crippen molar-refractivity contribution >= 4 is 5.97 Å². The first kappa shape index (κ1) is 20.3. The fourth-order valence-electron chi connectivity index (χ4n) is 5.64. The van der Waals surface area contributed by atoms with Gasteiger partial charge in [0.1, 0.15) is 6.10 Å². The molecule has 5 atom stereocenters. The van der Waals surface area contributed by atoms with Crippen LogP contribution >= 0.6 is 0 Å². The number of esters is 1. The highest BCUT2D eigenvalue weighted by Crippen LogP contribution is 2.53. The predicted molar refractivity (Wildman–Crippen MR) is 112 cm³/mol. The minimum atomic E-state index is -0.105. The molecular formula is C24H33NO4. The lowest BCUT2D eigenvalue weighted by atomic mass is 9.59. The molecule has 1 aliphatic heterocycles. The lowest BCUT2D eigenvalue weighted by Crippen LogP contribution is -2.40. The molecule has 0 radical (unpaired) electrons. The zero-order valence-corrected chi connectivity index (χ0v) is 18.0. The molecular weight excluding hydrogens is 366 g/mol. The smallest absolute Gasteiger partial charge is 0.311 e. The molecule has 5 nitrogen and oxygen atoms in total. The number of hydrogen-bond donors (Lipinski definition) is 1. The van der Waals surface area contributed by atoms with E-state index in [1.165, 1.54) is 19.3 Å². The number of fused-ring (bicyclic) bond motifs is 2. The third-order valence-corrected chi connectivity index (χ3v) is 7.22. The quantitative estimate of drug-likeness (QED) is 0.576. The van der Waals surface area contributed by atoms with Crippen molar-refractivity contribution in [2.75, 3.05) is 20.8 Å². The van der Waals surface area contributed by atoms with Gasteiger partial charge in [-0.25, -0.2) is 0 Å². The van der Waals surface area contributed by atoms with E-state index in [4.69, 9.17) is 14.2 Å². The molecule has 1 saturated heterocycles. The molecule has 0 bridgehead atoms. The topological polar surface area (TPSA) is 56.8 Å². The Morgan fingerprint density at radius 1 is 1.24 bits per heavy atom. The summed E-state index contributed by atoms with van der Waals surface area (Å²) in [5.74, 6) is 2.10. The van der Waals surface area contributed by atoms with E-state index in [-0.39, 0.29) is 29.3 Å². The van der Waals surface area contributed by atoms with Crippen LogP contribution in [-0.4, -0.2) is 32.8 Å². The minimum Gasteiger partial charge on any atom is -0.493 e. The Morgan fingerprint density at radius 2 is 2.03 bits per heavy atom. The highest BCUT2D eigenvalue weighted by atomic mass is 16.6. The van der Waals surface area contributed by atoms with E-state index in [0.29, 0.717) is 19.0 Å². The van der Waals surface area contributed by atoms with Crippen LogP contribution in [0.2, 0.25) is 0 Å². The summed E-state index contributed by atoms with van der Waals surface area (Å²) in [5.41, 5.74) is 2.87. The molecule has 2 aliphatic carbocycles. The molecule has 3 aliphatic rings. The van der Waals surface area contributed by atoms with Gasteiger partial charge < -0.3 is 19.5 Å². The maximum absolute atomic E-state index is 12.6. The molecule has 0 amide bonds. The van der Waals surface area contributed by atoms with Crippen molar-refractivity contribution in [3.63, 3.8) is 0 Å². The summed E-state index contributed by atoms with van der Waals surface area (Å²) in [4.78, 5) is 12.6. The van der Waals surface area contributed by atoms with Crippen LogP contribution in [0.15, 0.2) is 29.8 Å². The molecule has 2 fully saturated rings. The Morgan fingerprint density at radius 3 is 2.79 bits per heavy atom. The van der Waals surface area contributed by atoms with Crippen molar-refractivity contribution in [3.8, 4) is 11.5 Å². The number of nitrogens with one attached hydrogen (secondary N) is 1. The predicted octanol–water partition coefficient (Wildman–Crippen LogP) is 4.11. The van der Waals surface area contributed by atoms with E-state index in [9.17, 15) is 4.79 Å². The monoisotopic (exact) mass is 399 g/mol. The molecule has 1 aromatic rings. The van der Waals surface area contributed by atoms with Crippen LogP contribution in [0.4, 0.5) is 0 Å². The Kier molecular flexibility index (Phi) is 5.60. The van der Waals surface area contributed by atoms with Crippen LogP contribution in [0.1, 0.15) is 45.1 Å². The van der Waals surface area contributed by atoms with Crippen LogP contribution in [0.3, 0.4) is 0 Å². The zero-order valence-electron chi connectivity index (χ0n) is 18.0. The van der Waals surface area contributed by atoms with Gasteiger partial charge in [0.15, 0.2) is 11.5 Å². The van der Waals surface area contributed by atoms with Crippen LogP contribution in [0.5, 0.6) is 11.5 Å². The van der Waals surface area contributed by atoms with E-state index in [0.717, 1.165) is 23.5 Å². The van der Waals surface area contributed by atoms with Gasteiger partial charge in [0.05, 0.1) is 20.1 Å². The summed E-state index contributed by atoms with van der Waals surface area (Å²) >= 11 is 0. The third-order valence-electron chi connectivity index (χ3n) is 7.22. The van der Waals surface area contributed by atoms with E-state index >= 15 is 0 Å². The zero-order chi connectivity index (χ0) is 20.6. The normalized spacial score (nSPS) is 33.4. The lowest BCUT2D eigenvalue weighted by molar-refractivity contribution is -0.145. The molecule has 4 rings (SSSR count). The van der Waals surface area contributed by atoms with Crippen molar-refractivity contribution in [2.24, 2.45) is 23.2 Å². The number of hydrogen-bond acceptors (Lipinski definition) is 5. The van der Waals surface area contributed by atoms with Gasteiger partial charge >= 0.3 is 5.97 Å². The van der Waals surface area contributed by atoms with Crippen LogP contribution in [0, 0.1) is 23.2 Å². The van der Waals surface area contributed by atoms with Gasteiger partial charge in [-0.2, -0.15) is 0 Å². The summed E-state index contributed by atoms with van der Waals surface area (Å²) < 4.78 is 16.5. The molecule has 158 valence electrons. The van der Waals surface area contributed by atoms with Gasteiger partial charge in [0, 0.05) is 19.0 Å². The first-order valence-corrected chi connectivity index (χ1v) is 10.8. The van der Waals surface area contributed by atoms with Crippen LogP contribution in [-0.2, 0) is 16.1 Å². The van der Waals surface area contributed by atoms with E-state index in [2.05, 4.69) is 25.2 Å². The van der Waals surface area contributed by atoms with Crippen molar-refractivity contribution < 1.29 is 19.0 Å². The Balaban J connectivity index is 1.44. The van der Waals surface area contributed by atoms with Crippen molar-refractivity contribution in [3.05, 3.63) is 35.4 Å². The number of carbonyl (C=O) groups excluding carboxylic acids is 1. The average molecular weight is 400 g/mol. The number of carbonyl (C=O) groups is 1. The van der Waals surface area contributed by atoms with Gasteiger partial charge in [0.25, 0.3) is 0 Å². The fourth-order valence-corrected chi connectivity index (χ4v) is 5.64. The summed E-state index contributed by atoms with van der Waals surface area (Å²) in [6.45, 7) is 6.00. The Hall–Kier alpha value is -2.01. The summed E-state index contributed by atoms with van der Waals surface area (Å²) in [5, 5.41) is 3.46. The number of ether oxygens (including phenoxy) is 3. The van der Waals surface area contributed by atoms with Crippen molar-refractivity contribution in [1.29, 1.82) is 0 Å². The highest BCUT2D eigenvalue weighted by molar-refractivity contribution is 5.76. The van der Waals surface area contributed by atoms with Gasteiger partial charge in [-0.1, -0.05) is 38.0 Å². The minimum absolute atomic E-state index is 0.0365. The first-order valence-electron chi connectivity index (χ1n) is 10.8. The molecule has 1 saturated carbocycles. The van der Waals surface area contributed by atoms with Crippen molar-refractivity contribution in [1.82, 2.24) is 5.32 Å². The molecule has 5 heteroatoms. The SMILES string of the molecule is COc1ccc(CNC[C@@H]2C(=O)O[C@@H]3C[C@]4(C)CCC[C@@H](C)C4=C[C@@H]23)cc1OC. The third kappa shape index (κ3) is 3.77. The molecule has 29 heavy (non-hydrogen) atoms. The number of allylic oxidation sites excluding steroid dienone is 1. The summed E-state index contributed by atoms with van der Waals surface area (Å²) in [6.07, 6.45) is 7.17. The van der Waals surface area contributed by atoms with Gasteiger partial charge in [0.2, 0.25) is 0 Å². The molecule has 0 aromatic heterocycles. The number of rotatable bonds is 6. The van der Waals surface area contributed by atoms with E-state index < -0.39 is 0 Å². The average Bonchev–Trinajstić information content (AvgIpc) is 3.00. The van der Waals surface area contributed by atoms with Gasteiger partial charge in [-0.3, -0.25) is 4.79 Å². The Labute approximate surface area is 173 Å². The Bertz CT molecular complexity index is 804. The first-order chi connectivity index (χ1) is 13.9. The van der Waals surface area contributed by atoms with Crippen molar-refractivity contribution in [2.45, 2.75) is 52.2 Å². The standard InChI is InChI=1S/C24H33NO4/c1-15-6-5-9-24(2)12-22-17(11-19(15)24)18(23(26)29-22)14-25-13-16-7-8-20(27-3)21(10-16)28-4/h7-8,10-11,15,17-18,22,25H,5-6,9,12-14H2,1-4H3/t15-,17+,18+,22-,24+/m1/s1. The maximum Gasteiger partial charge on any atom is 0.311 e. The molecule has 1 N–H and O–H groups in total. The second kappa shape index (κ2) is 8.02. The molecule has 1 aromatic carbocycles. The number of benzene rings is 1. The van der Waals surface area contributed by atoms with E-state index in [1.807, 2.05) is 18.2 Å². The molecule has 1 heterocycles. The highest BCUT2D eigenvalue weighted by Gasteiger charge is 2.51. The second-order valence-electron chi connectivity index (χ2n) is 9.16. The van der Waals surface area contributed by atoms with Gasteiger partial charge in [-0.15, -0.1) is 0 Å².